The summed E-state index contributed by atoms with van der Waals surface area (Å²) in [5.74, 6) is -1.11. The Hall–Kier alpha value is -2.42. The van der Waals surface area contributed by atoms with E-state index in [1.165, 1.54) is 29.4 Å². The lowest BCUT2D eigenvalue weighted by atomic mass is 10.0. The normalized spacial score (nSPS) is 14.7. The molecule has 0 radical (unpaired) electrons. The van der Waals surface area contributed by atoms with Gasteiger partial charge in [-0.1, -0.05) is 43.6 Å². The Morgan fingerprint density at radius 1 is 1.16 bits per heavy atom. The highest BCUT2D eigenvalue weighted by Gasteiger charge is 2.30. The first kappa shape index (κ1) is 24.2. The average molecular weight is 479 g/mol. The van der Waals surface area contributed by atoms with Crippen molar-refractivity contribution < 1.29 is 22.7 Å². The van der Waals surface area contributed by atoms with E-state index < -0.39 is 22.1 Å². The number of sulfonamides is 1. The number of carbonyl (C=O) groups excluding carboxylic acids is 2. The molecule has 0 aliphatic carbocycles. The van der Waals surface area contributed by atoms with Gasteiger partial charge in [0.1, 0.15) is 4.90 Å². The minimum Gasteiger partial charge on any atom is -0.449 e. The molecule has 32 heavy (non-hydrogen) atoms. The number of ether oxygens (including phenoxy) is 1. The van der Waals surface area contributed by atoms with Gasteiger partial charge in [-0.2, -0.15) is 4.31 Å². The fourth-order valence-electron chi connectivity index (χ4n) is 3.79. The van der Waals surface area contributed by atoms with Crippen LogP contribution in [0.15, 0.2) is 47.4 Å². The van der Waals surface area contributed by atoms with Crippen molar-refractivity contribution in [1.29, 1.82) is 0 Å². The molecule has 0 bridgehead atoms. The third kappa shape index (κ3) is 4.82. The zero-order valence-corrected chi connectivity index (χ0v) is 19.9. The molecule has 2 aromatic rings. The van der Waals surface area contributed by atoms with E-state index in [4.69, 9.17) is 16.3 Å². The molecule has 3 rings (SSSR count). The van der Waals surface area contributed by atoms with Gasteiger partial charge in [-0.25, -0.2) is 13.2 Å². The number of hydrogen-bond acceptors (Lipinski definition) is 5. The van der Waals surface area contributed by atoms with Crippen LogP contribution in [0.25, 0.3) is 0 Å². The highest BCUT2D eigenvalue weighted by atomic mass is 35.5. The smallest absolute Gasteiger partial charge is 0.338 e. The predicted molar refractivity (Wildman–Crippen MR) is 124 cm³/mol. The second-order valence-corrected chi connectivity index (χ2v) is 9.82. The second kappa shape index (κ2) is 10.0. The van der Waals surface area contributed by atoms with E-state index in [1.807, 2.05) is 24.3 Å². The van der Waals surface area contributed by atoms with Crippen LogP contribution in [-0.4, -0.2) is 50.3 Å². The number of anilines is 1. The summed E-state index contributed by atoms with van der Waals surface area (Å²) in [6.45, 7) is 6.05. The summed E-state index contributed by atoms with van der Waals surface area (Å²) in [5.41, 5.74) is 1.92. The Morgan fingerprint density at radius 3 is 2.53 bits per heavy atom. The summed E-state index contributed by atoms with van der Waals surface area (Å²) < 4.78 is 32.4. The Kier molecular flexibility index (Phi) is 7.59. The molecule has 9 heteroatoms. The fourth-order valence-corrected chi connectivity index (χ4v) is 5.75. The van der Waals surface area contributed by atoms with E-state index in [9.17, 15) is 18.0 Å². The average Bonchev–Trinajstić information content (AvgIpc) is 2.78. The van der Waals surface area contributed by atoms with Gasteiger partial charge >= 0.3 is 5.97 Å². The lowest BCUT2D eigenvalue weighted by Crippen LogP contribution is -2.42. The van der Waals surface area contributed by atoms with Crippen LogP contribution in [0.4, 0.5) is 5.69 Å². The van der Waals surface area contributed by atoms with Crippen molar-refractivity contribution in [2.75, 3.05) is 24.5 Å². The molecule has 1 aliphatic rings. The Morgan fingerprint density at radius 2 is 1.84 bits per heavy atom. The van der Waals surface area contributed by atoms with Crippen molar-refractivity contribution >= 4 is 39.2 Å². The van der Waals surface area contributed by atoms with Crippen LogP contribution >= 0.6 is 11.6 Å². The van der Waals surface area contributed by atoms with Gasteiger partial charge in [0.25, 0.3) is 5.91 Å². The van der Waals surface area contributed by atoms with Gasteiger partial charge in [-0.15, -0.1) is 0 Å². The van der Waals surface area contributed by atoms with Gasteiger partial charge in [0.2, 0.25) is 10.0 Å². The minimum absolute atomic E-state index is 0.0128. The van der Waals surface area contributed by atoms with Crippen LogP contribution < -0.4 is 4.90 Å². The van der Waals surface area contributed by atoms with Crippen molar-refractivity contribution in [3.63, 3.8) is 0 Å². The topological polar surface area (TPSA) is 84.0 Å². The Balaban J connectivity index is 1.80. The van der Waals surface area contributed by atoms with Crippen LogP contribution in [0.5, 0.6) is 0 Å². The van der Waals surface area contributed by atoms with Crippen molar-refractivity contribution in [3.8, 4) is 0 Å². The summed E-state index contributed by atoms with van der Waals surface area (Å²) in [5, 5.41) is 0.0162. The fraction of sp³-hybridized carbons (Fsp3) is 0.391. The summed E-state index contributed by atoms with van der Waals surface area (Å²) in [4.78, 5) is 27.2. The number of esters is 1. The molecule has 1 heterocycles. The monoisotopic (exact) mass is 478 g/mol. The van der Waals surface area contributed by atoms with Gasteiger partial charge < -0.3 is 9.64 Å². The summed E-state index contributed by atoms with van der Waals surface area (Å²) in [7, 11) is -3.86. The number of aryl methyl sites for hydroxylation is 1. The molecular weight excluding hydrogens is 452 g/mol. The van der Waals surface area contributed by atoms with E-state index in [2.05, 4.69) is 0 Å². The highest BCUT2D eigenvalue weighted by Crippen LogP contribution is 2.29. The Labute approximate surface area is 194 Å². The molecular formula is C23H27ClN2O5S. The standard InChI is InChI=1S/C23H27ClN2O5S/c1-4-25(5-2)32(29,30)21-15-18(12-13-19(21)24)23(28)31-16(3)22(27)26-14-8-10-17-9-6-7-11-20(17)26/h6-7,9,11-13,15-16H,4-5,8,10,14H2,1-3H3. The number of amides is 1. The lowest BCUT2D eigenvalue weighted by molar-refractivity contribution is -0.126. The third-order valence-electron chi connectivity index (χ3n) is 5.50. The maximum Gasteiger partial charge on any atom is 0.338 e. The maximum absolute atomic E-state index is 13.0. The molecule has 2 aromatic carbocycles. The highest BCUT2D eigenvalue weighted by molar-refractivity contribution is 7.89. The molecule has 0 N–H and O–H groups in total. The summed E-state index contributed by atoms with van der Waals surface area (Å²) in [6, 6.07) is 11.6. The van der Waals surface area contributed by atoms with Gasteiger partial charge in [0, 0.05) is 25.3 Å². The molecule has 0 saturated carbocycles. The zero-order valence-electron chi connectivity index (χ0n) is 18.4. The van der Waals surface area contributed by atoms with Crippen molar-refractivity contribution in [3.05, 3.63) is 58.6 Å². The third-order valence-corrected chi connectivity index (χ3v) is 8.03. The van der Waals surface area contributed by atoms with Crippen LogP contribution in [0.3, 0.4) is 0 Å². The lowest BCUT2D eigenvalue weighted by Gasteiger charge is -2.31. The van der Waals surface area contributed by atoms with E-state index >= 15 is 0 Å². The molecule has 0 aromatic heterocycles. The number of para-hydroxylation sites is 1. The molecule has 1 unspecified atom stereocenters. The number of rotatable bonds is 7. The number of halogens is 1. The number of hydrogen-bond donors (Lipinski definition) is 0. The van der Waals surface area contributed by atoms with Crippen molar-refractivity contribution in [2.45, 2.75) is 44.6 Å². The van der Waals surface area contributed by atoms with Gasteiger partial charge in [0.05, 0.1) is 10.6 Å². The van der Waals surface area contributed by atoms with E-state index in [-0.39, 0.29) is 34.5 Å². The van der Waals surface area contributed by atoms with E-state index in [1.54, 1.807) is 18.7 Å². The molecule has 7 nitrogen and oxygen atoms in total. The molecule has 172 valence electrons. The molecule has 0 fully saturated rings. The van der Waals surface area contributed by atoms with Crippen LogP contribution in [0.2, 0.25) is 5.02 Å². The van der Waals surface area contributed by atoms with Crippen LogP contribution in [-0.2, 0) is 26.0 Å². The quantitative estimate of drug-likeness (QED) is 0.563. The zero-order chi connectivity index (χ0) is 23.5. The predicted octanol–water partition coefficient (Wildman–Crippen LogP) is 3.90. The van der Waals surface area contributed by atoms with Crippen molar-refractivity contribution in [1.82, 2.24) is 4.31 Å². The second-order valence-electron chi connectivity index (χ2n) is 7.50. The number of benzene rings is 2. The number of nitrogens with zero attached hydrogens (tertiary/aromatic N) is 2. The van der Waals surface area contributed by atoms with Crippen molar-refractivity contribution in [2.24, 2.45) is 0 Å². The van der Waals surface area contributed by atoms with Gasteiger partial charge in [0.15, 0.2) is 6.10 Å². The molecule has 1 amide bonds. The van der Waals surface area contributed by atoms with Crippen LogP contribution in [0.1, 0.15) is 43.1 Å². The first-order chi connectivity index (χ1) is 15.2. The van der Waals surface area contributed by atoms with E-state index in [0.29, 0.717) is 6.54 Å². The summed E-state index contributed by atoms with van der Waals surface area (Å²) >= 11 is 6.13. The SMILES string of the molecule is CCN(CC)S(=O)(=O)c1cc(C(=O)OC(C)C(=O)N2CCCc3ccccc32)ccc1Cl. The first-order valence-corrected chi connectivity index (χ1v) is 12.4. The number of carbonyl (C=O) groups is 2. The first-order valence-electron chi connectivity index (χ1n) is 10.6. The molecule has 0 spiro atoms. The molecule has 0 saturated heterocycles. The summed E-state index contributed by atoms with van der Waals surface area (Å²) in [6.07, 6.45) is 0.683. The largest absolute Gasteiger partial charge is 0.449 e. The number of fused-ring (bicyclic) bond motifs is 1. The minimum atomic E-state index is -3.86. The maximum atomic E-state index is 13.0. The van der Waals surface area contributed by atoms with Crippen LogP contribution in [0, 0.1) is 0 Å². The Bertz CT molecular complexity index is 1120. The molecule has 1 atom stereocenters. The van der Waals surface area contributed by atoms with Gasteiger partial charge in [-0.05, 0) is 49.6 Å². The molecule has 1 aliphatic heterocycles. The van der Waals surface area contributed by atoms with E-state index in [0.717, 1.165) is 24.1 Å². The van der Waals surface area contributed by atoms with Gasteiger partial charge in [-0.3, -0.25) is 4.79 Å².